The van der Waals surface area contributed by atoms with Crippen LogP contribution in [0.4, 0.5) is 0 Å². The Labute approximate surface area is 111 Å². The number of aromatic nitrogens is 3. The number of aromatic hydroxyl groups is 1. The van der Waals surface area contributed by atoms with Crippen LogP contribution < -0.4 is 5.32 Å². The first kappa shape index (κ1) is 13.1. The molecule has 1 aromatic carbocycles. The molecule has 0 radical (unpaired) electrons. The average molecular weight is 260 g/mol. The molecule has 0 saturated carbocycles. The van der Waals surface area contributed by atoms with Crippen molar-refractivity contribution in [1.82, 2.24) is 20.1 Å². The van der Waals surface area contributed by atoms with Gasteiger partial charge in [-0.25, -0.2) is 0 Å². The summed E-state index contributed by atoms with van der Waals surface area (Å²) in [7, 11) is 0. The third kappa shape index (κ3) is 2.90. The van der Waals surface area contributed by atoms with Gasteiger partial charge >= 0.3 is 0 Å². The molecule has 0 saturated heterocycles. The van der Waals surface area contributed by atoms with Crippen LogP contribution in [0, 0.1) is 6.92 Å². The summed E-state index contributed by atoms with van der Waals surface area (Å²) in [6, 6.07) is 4.84. The molecule has 6 nitrogen and oxygen atoms in total. The molecule has 0 bridgehead atoms. The van der Waals surface area contributed by atoms with Crippen molar-refractivity contribution in [2.45, 2.75) is 26.9 Å². The summed E-state index contributed by atoms with van der Waals surface area (Å²) in [5.41, 5.74) is 1.16. The van der Waals surface area contributed by atoms with E-state index in [4.69, 9.17) is 0 Å². The van der Waals surface area contributed by atoms with Gasteiger partial charge in [-0.1, -0.05) is 6.07 Å². The minimum atomic E-state index is -0.249. The van der Waals surface area contributed by atoms with Crippen LogP contribution in [0.1, 0.15) is 28.7 Å². The molecule has 0 atom stereocenters. The van der Waals surface area contributed by atoms with Crippen LogP contribution in [0.25, 0.3) is 0 Å². The molecule has 0 spiro atoms. The highest BCUT2D eigenvalue weighted by atomic mass is 16.3. The summed E-state index contributed by atoms with van der Waals surface area (Å²) in [6.45, 7) is 4.82. The highest BCUT2D eigenvalue weighted by Gasteiger charge is 2.09. The first-order valence-corrected chi connectivity index (χ1v) is 6.06. The molecule has 1 amide bonds. The van der Waals surface area contributed by atoms with Gasteiger partial charge in [0.1, 0.15) is 12.1 Å². The van der Waals surface area contributed by atoms with Crippen molar-refractivity contribution >= 4 is 5.91 Å². The molecule has 6 heteroatoms. The lowest BCUT2D eigenvalue weighted by molar-refractivity contribution is 0.0949. The van der Waals surface area contributed by atoms with Gasteiger partial charge < -0.3 is 15.0 Å². The van der Waals surface area contributed by atoms with E-state index in [9.17, 15) is 9.90 Å². The van der Waals surface area contributed by atoms with Gasteiger partial charge in [-0.2, -0.15) is 0 Å². The fraction of sp³-hybridized carbons (Fsp3) is 0.308. The first-order chi connectivity index (χ1) is 9.11. The predicted octanol–water partition coefficient (Wildman–Crippen LogP) is 1.24. The number of phenols is 1. The number of hydrogen-bond donors (Lipinski definition) is 2. The number of aryl methyl sites for hydroxylation is 2. The Morgan fingerprint density at radius 1 is 1.47 bits per heavy atom. The minimum Gasteiger partial charge on any atom is -0.508 e. The molecule has 0 fully saturated rings. The zero-order valence-electron chi connectivity index (χ0n) is 10.9. The normalized spacial score (nSPS) is 10.4. The third-order valence-electron chi connectivity index (χ3n) is 2.91. The molecule has 1 aromatic heterocycles. The minimum absolute atomic E-state index is 0.115. The largest absolute Gasteiger partial charge is 0.508 e. The van der Waals surface area contributed by atoms with Crippen LogP contribution in [0.3, 0.4) is 0 Å². The molecule has 2 rings (SSSR count). The van der Waals surface area contributed by atoms with Gasteiger partial charge in [0.2, 0.25) is 0 Å². The quantitative estimate of drug-likeness (QED) is 0.866. The lowest BCUT2D eigenvalue weighted by Crippen LogP contribution is -2.24. The lowest BCUT2D eigenvalue weighted by Gasteiger charge is -2.07. The second kappa shape index (κ2) is 5.51. The Morgan fingerprint density at radius 3 is 2.95 bits per heavy atom. The van der Waals surface area contributed by atoms with Crippen molar-refractivity contribution in [3.8, 4) is 5.75 Å². The van der Waals surface area contributed by atoms with Crippen molar-refractivity contribution in [3.63, 3.8) is 0 Å². The Hall–Kier alpha value is -2.37. The van der Waals surface area contributed by atoms with Crippen LogP contribution in [0.2, 0.25) is 0 Å². The third-order valence-corrected chi connectivity index (χ3v) is 2.91. The van der Waals surface area contributed by atoms with Crippen molar-refractivity contribution in [1.29, 1.82) is 0 Å². The van der Waals surface area contributed by atoms with Crippen LogP contribution in [0.15, 0.2) is 24.5 Å². The lowest BCUT2D eigenvalue weighted by atomic mass is 10.1. The van der Waals surface area contributed by atoms with E-state index in [1.807, 2.05) is 11.5 Å². The number of nitrogens with zero attached hydrogens (tertiary/aromatic N) is 3. The first-order valence-electron chi connectivity index (χ1n) is 6.06. The number of carbonyl (C=O) groups is 1. The molecule has 2 aromatic rings. The molecular weight excluding hydrogens is 244 g/mol. The summed E-state index contributed by atoms with van der Waals surface area (Å²) >= 11 is 0. The Kier molecular flexibility index (Phi) is 3.79. The predicted molar refractivity (Wildman–Crippen MR) is 69.7 cm³/mol. The van der Waals surface area contributed by atoms with Crippen molar-refractivity contribution < 1.29 is 9.90 Å². The van der Waals surface area contributed by atoms with E-state index < -0.39 is 0 Å². The summed E-state index contributed by atoms with van der Waals surface area (Å²) in [4.78, 5) is 11.9. The maximum Gasteiger partial charge on any atom is 0.251 e. The molecule has 0 aliphatic carbocycles. The fourth-order valence-corrected chi connectivity index (χ4v) is 1.69. The molecule has 1 heterocycles. The molecule has 0 aliphatic rings. The van der Waals surface area contributed by atoms with Crippen LogP contribution >= 0.6 is 0 Å². The molecule has 19 heavy (non-hydrogen) atoms. The summed E-state index contributed by atoms with van der Waals surface area (Å²) in [5, 5.41) is 20.1. The molecule has 0 aliphatic heterocycles. The van der Waals surface area contributed by atoms with E-state index in [-0.39, 0.29) is 11.7 Å². The summed E-state index contributed by atoms with van der Waals surface area (Å²) in [6.07, 6.45) is 1.62. The van der Waals surface area contributed by atoms with E-state index in [2.05, 4.69) is 15.5 Å². The summed E-state index contributed by atoms with van der Waals surface area (Å²) in [5.74, 6) is 0.567. The van der Waals surface area contributed by atoms with Crippen molar-refractivity contribution in [2.75, 3.05) is 0 Å². The van der Waals surface area contributed by atoms with E-state index in [1.165, 1.54) is 6.07 Å². The molecular formula is C13H16N4O2. The Balaban J connectivity index is 2.03. The van der Waals surface area contributed by atoms with Crippen molar-refractivity contribution in [3.05, 3.63) is 41.5 Å². The van der Waals surface area contributed by atoms with Gasteiger partial charge in [-0.05, 0) is 31.5 Å². The highest BCUT2D eigenvalue weighted by molar-refractivity contribution is 5.94. The summed E-state index contributed by atoms with van der Waals surface area (Å²) < 4.78 is 1.85. The molecule has 2 N–H and O–H groups in total. The van der Waals surface area contributed by atoms with Crippen LogP contribution in [0.5, 0.6) is 5.75 Å². The maximum atomic E-state index is 11.9. The number of amides is 1. The number of hydrogen-bond acceptors (Lipinski definition) is 4. The smallest absolute Gasteiger partial charge is 0.251 e. The number of rotatable bonds is 4. The number of nitrogens with one attached hydrogen (secondary N) is 1. The van der Waals surface area contributed by atoms with Gasteiger partial charge in [0.25, 0.3) is 5.91 Å². The van der Waals surface area contributed by atoms with Gasteiger partial charge in [-0.3, -0.25) is 4.79 Å². The van der Waals surface area contributed by atoms with Crippen LogP contribution in [-0.4, -0.2) is 25.8 Å². The van der Waals surface area contributed by atoms with Gasteiger partial charge in [-0.15, -0.1) is 10.2 Å². The standard InChI is InChI=1S/C13H16N4O2/c1-3-17-8-15-16-12(17)7-14-13(19)10-5-4-9(2)11(18)6-10/h4-6,8,18H,3,7H2,1-2H3,(H,14,19). The number of phenolic OH excluding ortho intramolecular Hbond substituents is 1. The van der Waals surface area contributed by atoms with Crippen molar-refractivity contribution in [2.24, 2.45) is 0 Å². The van der Waals surface area contributed by atoms with E-state index in [0.29, 0.717) is 17.9 Å². The van der Waals surface area contributed by atoms with E-state index in [0.717, 1.165) is 12.1 Å². The SMILES string of the molecule is CCn1cnnc1CNC(=O)c1ccc(C)c(O)c1. The maximum absolute atomic E-state index is 11.9. The molecule has 100 valence electrons. The topological polar surface area (TPSA) is 80.0 Å². The molecule has 0 unspecified atom stereocenters. The zero-order chi connectivity index (χ0) is 13.8. The van der Waals surface area contributed by atoms with Gasteiger partial charge in [0.05, 0.1) is 6.54 Å². The van der Waals surface area contributed by atoms with Gasteiger partial charge in [0, 0.05) is 12.1 Å². The highest BCUT2D eigenvalue weighted by Crippen LogP contribution is 2.17. The average Bonchev–Trinajstić information content (AvgIpc) is 2.86. The Morgan fingerprint density at radius 2 is 2.26 bits per heavy atom. The zero-order valence-corrected chi connectivity index (χ0v) is 10.9. The van der Waals surface area contributed by atoms with E-state index >= 15 is 0 Å². The number of carbonyl (C=O) groups excluding carboxylic acids is 1. The fourth-order valence-electron chi connectivity index (χ4n) is 1.69. The van der Waals surface area contributed by atoms with E-state index in [1.54, 1.807) is 25.4 Å². The second-order valence-corrected chi connectivity index (χ2v) is 4.22. The second-order valence-electron chi connectivity index (χ2n) is 4.22. The monoisotopic (exact) mass is 260 g/mol. The number of benzene rings is 1. The van der Waals surface area contributed by atoms with Crippen LogP contribution in [-0.2, 0) is 13.1 Å². The Bertz CT molecular complexity index is 592. The van der Waals surface area contributed by atoms with Gasteiger partial charge in [0.15, 0.2) is 5.82 Å².